The Labute approximate surface area is 115 Å². The van der Waals surface area contributed by atoms with E-state index in [0.29, 0.717) is 11.6 Å². The van der Waals surface area contributed by atoms with Gasteiger partial charge in [0.15, 0.2) is 0 Å². The lowest BCUT2D eigenvalue weighted by Gasteiger charge is -2.10. The third-order valence-corrected chi connectivity index (χ3v) is 3.12. The van der Waals surface area contributed by atoms with Gasteiger partial charge in [0, 0.05) is 41.8 Å². The summed E-state index contributed by atoms with van der Waals surface area (Å²) in [5.74, 6) is 0. The first-order valence-corrected chi connectivity index (χ1v) is 6.23. The molecular formula is C14H11ClN4. The van der Waals surface area contributed by atoms with Crippen LogP contribution in [0, 0.1) is 0 Å². The molecule has 5 heteroatoms. The van der Waals surface area contributed by atoms with Crippen molar-refractivity contribution in [3.63, 3.8) is 0 Å². The molecule has 0 aliphatic rings. The Balaban J connectivity index is 1.91. The van der Waals surface area contributed by atoms with Crippen molar-refractivity contribution in [2.24, 2.45) is 0 Å². The Morgan fingerprint density at radius 3 is 2.79 bits per heavy atom. The molecule has 0 fully saturated rings. The van der Waals surface area contributed by atoms with Gasteiger partial charge in [0.1, 0.15) is 6.33 Å². The highest BCUT2D eigenvalue weighted by atomic mass is 35.5. The van der Waals surface area contributed by atoms with Gasteiger partial charge < -0.3 is 5.32 Å². The topological polar surface area (TPSA) is 50.7 Å². The highest BCUT2D eigenvalue weighted by molar-refractivity contribution is 6.35. The standard InChI is InChI=1S/C14H11ClN4/c15-12-3-4-13(11-2-1-5-18-14(11)12)19-8-10-6-16-9-17-7-10/h1-7,9,19H,8H2. The first kappa shape index (κ1) is 11.9. The number of nitrogens with one attached hydrogen (secondary N) is 1. The Kier molecular flexibility index (Phi) is 3.25. The van der Waals surface area contributed by atoms with E-state index in [1.807, 2.05) is 24.3 Å². The van der Waals surface area contributed by atoms with Crippen LogP contribution >= 0.6 is 11.6 Å². The Morgan fingerprint density at radius 2 is 1.95 bits per heavy atom. The molecule has 0 radical (unpaired) electrons. The predicted molar refractivity (Wildman–Crippen MR) is 76.1 cm³/mol. The number of benzene rings is 1. The van der Waals surface area contributed by atoms with Crippen LogP contribution in [0.4, 0.5) is 5.69 Å². The second kappa shape index (κ2) is 5.20. The molecule has 0 spiro atoms. The van der Waals surface area contributed by atoms with Crippen LogP contribution in [0.15, 0.2) is 49.2 Å². The molecule has 0 unspecified atom stereocenters. The summed E-state index contributed by atoms with van der Waals surface area (Å²) in [4.78, 5) is 12.3. The van der Waals surface area contributed by atoms with Crippen molar-refractivity contribution in [1.82, 2.24) is 15.0 Å². The van der Waals surface area contributed by atoms with Crippen molar-refractivity contribution in [3.8, 4) is 0 Å². The van der Waals surface area contributed by atoms with Gasteiger partial charge in [-0.15, -0.1) is 0 Å². The largest absolute Gasteiger partial charge is 0.380 e. The average Bonchev–Trinajstić information content (AvgIpc) is 2.48. The van der Waals surface area contributed by atoms with Gasteiger partial charge in [0.05, 0.1) is 10.5 Å². The summed E-state index contributed by atoms with van der Waals surface area (Å²) >= 11 is 6.14. The summed E-state index contributed by atoms with van der Waals surface area (Å²) in [6.07, 6.45) is 6.83. The van der Waals surface area contributed by atoms with E-state index in [9.17, 15) is 0 Å². The molecule has 0 aliphatic heterocycles. The average molecular weight is 271 g/mol. The van der Waals surface area contributed by atoms with Gasteiger partial charge in [-0.05, 0) is 24.3 Å². The zero-order chi connectivity index (χ0) is 13.1. The van der Waals surface area contributed by atoms with Gasteiger partial charge in [-0.3, -0.25) is 4.98 Å². The maximum atomic E-state index is 6.14. The molecule has 1 N–H and O–H groups in total. The zero-order valence-corrected chi connectivity index (χ0v) is 10.8. The lowest BCUT2D eigenvalue weighted by Crippen LogP contribution is -2.01. The van der Waals surface area contributed by atoms with E-state index in [2.05, 4.69) is 20.3 Å². The minimum Gasteiger partial charge on any atom is -0.380 e. The minimum absolute atomic E-state index is 0.657. The highest BCUT2D eigenvalue weighted by Gasteiger charge is 2.05. The third kappa shape index (κ3) is 2.48. The number of hydrogen-bond donors (Lipinski definition) is 1. The van der Waals surface area contributed by atoms with Crippen molar-refractivity contribution in [1.29, 1.82) is 0 Å². The van der Waals surface area contributed by atoms with Gasteiger partial charge in [-0.2, -0.15) is 0 Å². The molecule has 4 nitrogen and oxygen atoms in total. The van der Waals surface area contributed by atoms with Crippen molar-refractivity contribution >= 4 is 28.2 Å². The van der Waals surface area contributed by atoms with Gasteiger partial charge in [-0.25, -0.2) is 9.97 Å². The highest BCUT2D eigenvalue weighted by Crippen LogP contribution is 2.28. The quantitative estimate of drug-likeness (QED) is 0.793. The maximum absolute atomic E-state index is 6.14. The molecule has 19 heavy (non-hydrogen) atoms. The fourth-order valence-electron chi connectivity index (χ4n) is 1.91. The second-order valence-electron chi connectivity index (χ2n) is 4.09. The first-order valence-electron chi connectivity index (χ1n) is 5.85. The van der Waals surface area contributed by atoms with Gasteiger partial charge >= 0.3 is 0 Å². The molecule has 1 aromatic carbocycles. The molecule has 0 bridgehead atoms. The Morgan fingerprint density at radius 1 is 1.11 bits per heavy atom. The van der Waals surface area contributed by atoms with E-state index in [0.717, 1.165) is 22.2 Å². The second-order valence-corrected chi connectivity index (χ2v) is 4.50. The molecule has 3 aromatic rings. The van der Waals surface area contributed by atoms with Crippen LogP contribution in [0.25, 0.3) is 10.9 Å². The van der Waals surface area contributed by atoms with Crippen LogP contribution in [0.2, 0.25) is 5.02 Å². The number of nitrogens with zero attached hydrogens (tertiary/aromatic N) is 3. The number of pyridine rings is 1. The Bertz CT molecular complexity index is 700. The molecular weight excluding hydrogens is 260 g/mol. The van der Waals surface area contributed by atoms with E-state index in [1.165, 1.54) is 6.33 Å². The summed E-state index contributed by atoms with van der Waals surface area (Å²) in [7, 11) is 0. The van der Waals surface area contributed by atoms with E-state index in [4.69, 9.17) is 11.6 Å². The zero-order valence-electron chi connectivity index (χ0n) is 10.0. The number of anilines is 1. The number of aromatic nitrogens is 3. The SMILES string of the molecule is Clc1ccc(NCc2cncnc2)c2cccnc12. The van der Waals surface area contributed by atoms with E-state index >= 15 is 0 Å². The molecule has 0 atom stereocenters. The molecule has 0 saturated carbocycles. The van der Waals surface area contributed by atoms with Crippen molar-refractivity contribution < 1.29 is 0 Å². The minimum atomic E-state index is 0.657. The molecule has 94 valence electrons. The van der Waals surface area contributed by atoms with Crippen molar-refractivity contribution in [2.75, 3.05) is 5.32 Å². The lowest BCUT2D eigenvalue weighted by molar-refractivity contribution is 1.05. The first-order chi connectivity index (χ1) is 9.34. The number of hydrogen-bond acceptors (Lipinski definition) is 4. The van der Waals surface area contributed by atoms with Gasteiger partial charge in [0.2, 0.25) is 0 Å². The summed E-state index contributed by atoms with van der Waals surface area (Å²) < 4.78 is 0. The van der Waals surface area contributed by atoms with E-state index in [1.54, 1.807) is 18.6 Å². The van der Waals surface area contributed by atoms with Crippen LogP contribution in [-0.2, 0) is 6.54 Å². The third-order valence-electron chi connectivity index (χ3n) is 2.82. The van der Waals surface area contributed by atoms with Gasteiger partial charge in [0.25, 0.3) is 0 Å². The summed E-state index contributed by atoms with van der Waals surface area (Å²) in [6, 6.07) is 7.70. The fourth-order valence-corrected chi connectivity index (χ4v) is 2.12. The van der Waals surface area contributed by atoms with Gasteiger partial charge in [-0.1, -0.05) is 11.6 Å². The number of halogens is 1. The molecule has 0 amide bonds. The Hall–Kier alpha value is -2.20. The fraction of sp³-hybridized carbons (Fsp3) is 0.0714. The molecule has 2 heterocycles. The lowest BCUT2D eigenvalue weighted by atomic mass is 10.1. The van der Waals surface area contributed by atoms with Crippen LogP contribution < -0.4 is 5.32 Å². The smallest absolute Gasteiger partial charge is 0.115 e. The number of rotatable bonds is 3. The van der Waals surface area contributed by atoms with Crippen LogP contribution in [0.5, 0.6) is 0 Å². The summed E-state index contributed by atoms with van der Waals surface area (Å²) in [6.45, 7) is 0.659. The van der Waals surface area contributed by atoms with E-state index in [-0.39, 0.29) is 0 Å². The normalized spacial score (nSPS) is 10.6. The van der Waals surface area contributed by atoms with Crippen LogP contribution in [0.1, 0.15) is 5.56 Å². The molecule has 0 aliphatic carbocycles. The molecule has 3 rings (SSSR count). The molecule has 2 aromatic heterocycles. The van der Waals surface area contributed by atoms with Crippen molar-refractivity contribution in [3.05, 3.63) is 59.8 Å². The number of fused-ring (bicyclic) bond motifs is 1. The monoisotopic (exact) mass is 270 g/mol. The summed E-state index contributed by atoms with van der Waals surface area (Å²) in [5.41, 5.74) is 2.82. The maximum Gasteiger partial charge on any atom is 0.115 e. The predicted octanol–water partition coefficient (Wildman–Crippen LogP) is 3.29. The summed E-state index contributed by atoms with van der Waals surface area (Å²) in [5, 5.41) is 5.02. The van der Waals surface area contributed by atoms with Crippen LogP contribution in [-0.4, -0.2) is 15.0 Å². The molecule has 0 saturated heterocycles. The van der Waals surface area contributed by atoms with Crippen LogP contribution in [0.3, 0.4) is 0 Å². The van der Waals surface area contributed by atoms with Crippen molar-refractivity contribution in [2.45, 2.75) is 6.54 Å². The van der Waals surface area contributed by atoms with E-state index < -0.39 is 0 Å².